The van der Waals surface area contributed by atoms with E-state index in [9.17, 15) is 32.4 Å². The molecule has 14 nitrogen and oxygen atoms in total. The number of fused-ring (bicyclic) bond motifs is 1. The lowest BCUT2D eigenvalue weighted by Gasteiger charge is -2.39. The van der Waals surface area contributed by atoms with Crippen LogP contribution in [0.5, 0.6) is 0 Å². The summed E-state index contributed by atoms with van der Waals surface area (Å²) in [6.45, 7) is 23.7. The fraction of sp³-hybridized carbons (Fsp3) is 0.800. The quantitative estimate of drug-likeness (QED) is 0.165. The van der Waals surface area contributed by atoms with Gasteiger partial charge in [0.25, 0.3) is 16.1 Å². The second-order valence-electron chi connectivity index (χ2n) is 17.5. The molecule has 4 fully saturated rings. The Bertz CT molecular complexity index is 1480. The smallest absolute Gasteiger partial charge is 0.315 e. The number of carbonyl (C=O) groups excluding carboxylic acids is 5. The second kappa shape index (κ2) is 14.2. The lowest BCUT2D eigenvalue weighted by atomic mass is 9.85. The van der Waals surface area contributed by atoms with Gasteiger partial charge in [-0.05, 0) is 60.7 Å². The van der Waals surface area contributed by atoms with Gasteiger partial charge in [0.2, 0.25) is 17.6 Å². The third-order valence-electron chi connectivity index (χ3n) is 11.0. The molecular weight excluding hydrogens is 662 g/mol. The highest BCUT2D eigenvalue weighted by molar-refractivity contribution is 7.87. The summed E-state index contributed by atoms with van der Waals surface area (Å²) in [7, 11) is -3.69. The first-order chi connectivity index (χ1) is 22.9. The Morgan fingerprint density at radius 3 is 2.06 bits per heavy atom. The average molecular weight is 722 g/mol. The van der Waals surface area contributed by atoms with Crippen molar-refractivity contribution in [3.05, 3.63) is 12.7 Å². The van der Waals surface area contributed by atoms with Crippen molar-refractivity contribution in [2.75, 3.05) is 32.7 Å². The van der Waals surface area contributed by atoms with Gasteiger partial charge in [0.1, 0.15) is 18.1 Å². The number of nitrogens with one attached hydrogen (secondary N) is 4. The Balaban J connectivity index is 1.52. The van der Waals surface area contributed by atoms with Crippen molar-refractivity contribution < 1.29 is 32.4 Å². The summed E-state index contributed by atoms with van der Waals surface area (Å²) in [4.78, 5) is 69.3. The van der Waals surface area contributed by atoms with Gasteiger partial charge in [0, 0.05) is 44.8 Å². The molecule has 4 aliphatic rings. The highest BCUT2D eigenvalue weighted by Gasteiger charge is 2.70. The van der Waals surface area contributed by atoms with Crippen LogP contribution in [0.2, 0.25) is 0 Å². The minimum Gasteiger partial charge on any atom is -0.346 e. The molecule has 4 N–H and O–H groups in total. The topological polar surface area (TPSA) is 177 Å². The molecule has 5 amide bonds. The monoisotopic (exact) mass is 721 g/mol. The number of urea groups is 1. The largest absolute Gasteiger partial charge is 0.346 e. The number of carbonyl (C=O) groups is 5. The van der Waals surface area contributed by atoms with Crippen molar-refractivity contribution in [1.29, 1.82) is 0 Å². The highest BCUT2D eigenvalue weighted by atomic mass is 32.2. The van der Waals surface area contributed by atoms with Crippen LogP contribution in [-0.4, -0.2) is 114 Å². The minimum absolute atomic E-state index is 0.0562. The molecule has 0 spiro atoms. The molecule has 282 valence electrons. The van der Waals surface area contributed by atoms with E-state index in [0.29, 0.717) is 32.5 Å². The molecule has 0 aromatic heterocycles. The summed E-state index contributed by atoms with van der Waals surface area (Å²) in [6.07, 6.45) is 2.88. The summed E-state index contributed by atoms with van der Waals surface area (Å²) >= 11 is 0. The van der Waals surface area contributed by atoms with Gasteiger partial charge in [-0.1, -0.05) is 61.5 Å². The van der Waals surface area contributed by atoms with Crippen LogP contribution < -0.4 is 21.3 Å². The molecule has 2 saturated carbocycles. The molecule has 15 heteroatoms. The highest BCUT2D eigenvalue weighted by Crippen LogP contribution is 2.65. The van der Waals surface area contributed by atoms with Crippen molar-refractivity contribution in [2.24, 2.45) is 34.0 Å². The zero-order chi connectivity index (χ0) is 37.7. The summed E-state index contributed by atoms with van der Waals surface area (Å²) in [5.41, 5.74) is -1.49. The average Bonchev–Trinajstić information content (AvgIpc) is 3.82. The summed E-state index contributed by atoms with van der Waals surface area (Å²) in [6, 6.07) is -4.30. The summed E-state index contributed by atoms with van der Waals surface area (Å²) < 4.78 is 29.2. The van der Waals surface area contributed by atoms with E-state index in [0.717, 1.165) is 0 Å². The molecule has 0 aromatic rings. The molecule has 0 aromatic carbocycles. The third kappa shape index (κ3) is 8.20. The Morgan fingerprint density at radius 1 is 0.940 bits per heavy atom. The Morgan fingerprint density at radius 2 is 1.56 bits per heavy atom. The van der Waals surface area contributed by atoms with Crippen LogP contribution >= 0.6 is 0 Å². The van der Waals surface area contributed by atoms with Gasteiger partial charge in [0.15, 0.2) is 0 Å². The number of rotatable bonds is 13. The van der Waals surface area contributed by atoms with Gasteiger partial charge in [-0.15, -0.1) is 6.58 Å². The van der Waals surface area contributed by atoms with E-state index >= 15 is 0 Å². The Hall–Kier alpha value is -3.04. The van der Waals surface area contributed by atoms with Crippen molar-refractivity contribution in [1.82, 2.24) is 34.8 Å². The number of nitrogens with zero attached hydrogens (tertiary/aromatic N) is 3. The van der Waals surface area contributed by atoms with Crippen LogP contribution in [0.4, 0.5) is 4.79 Å². The first kappa shape index (κ1) is 39.7. The summed E-state index contributed by atoms with van der Waals surface area (Å²) in [5, 5.41) is 11.2. The van der Waals surface area contributed by atoms with E-state index < -0.39 is 74.7 Å². The molecule has 0 bridgehead atoms. The molecule has 4 rings (SSSR count). The van der Waals surface area contributed by atoms with Crippen molar-refractivity contribution in [3.8, 4) is 0 Å². The fourth-order valence-electron chi connectivity index (χ4n) is 7.46. The van der Waals surface area contributed by atoms with E-state index in [2.05, 4.69) is 41.7 Å². The minimum atomic E-state index is -3.69. The van der Waals surface area contributed by atoms with E-state index in [1.54, 1.807) is 0 Å². The SMILES string of the molecule is C=CCNC(=O)C(=O)C(NC(=O)[C@@H]1[C@@H]2[C@H](CN1C(=O)[C@@H](NC(=O)N[C@H](CN1CCN(C(C)C)S1(=O)=O)C(C)(C)C)C(C)(C)C)C2(C)C)C1CC1. The van der Waals surface area contributed by atoms with Crippen LogP contribution in [0.3, 0.4) is 0 Å². The predicted octanol–water partition coefficient (Wildman–Crippen LogP) is 1.63. The predicted molar refractivity (Wildman–Crippen MR) is 190 cm³/mol. The number of Topliss-reactive ketones (excluding diaryl/α,β-unsaturated/α-hetero) is 1. The molecule has 2 aliphatic heterocycles. The van der Waals surface area contributed by atoms with Crippen molar-refractivity contribution in [2.45, 2.75) is 112 Å². The standard InChI is InChI=1S/C35H59N7O7S/c1-12-15-36-30(45)27(43)25(21-13-14-21)38-29(44)26-24-22(35(24,10)11)18-41(26)31(46)28(34(7,8)9)39-32(47)37-23(33(4,5)6)19-40-16-17-42(20(2)3)50(40,48)49/h12,20-26,28H,1,13-19H2,2-11H3,(H,36,45)(H,38,44)(H2,37,39,47)/t22-,23+,24-,25?,26-,28+/m0/s1. The van der Waals surface area contributed by atoms with Crippen LogP contribution in [0.1, 0.15) is 82.1 Å². The van der Waals surface area contributed by atoms with Gasteiger partial charge in [-0.3, -0.25) is 19.2 Å². The Labute approximate surface area is 298 Å². The number of ketones is 1. The molecule has 2 aliphatic carbocycles. The molecule has 1 unspecified atom stereocenters. The maximum absolute atomic E-state index is 14.4. The van der Waals surface area contributed by atoms with Gasteiger partial charge < -0.3 is 26.2 Å². The number of hydrogen-bond acceptors (Lipinski definition) is 7. The van der Waals surface area contributed by atoms with Crippen LogP contribution in [0.25, 0.3) is 0 Å². The van der Waals surface area contributed by atoms with E-state index in [-0.39, 0.29) is 42.3 Å². The third-order valence-corrected chi connectivity index (χ3v) is 13.1. The van der Waals surface area contributed by atoms with Gasteiger partial charge in [-0.25, -0.2) is 4.79 Å². The fourth-order valence-corrected chi connectivity index (χ4v) is 9.25. The number of piperidine rings is 1. The first-order valence-corrected chi connectivity index (χ1v) is 19.2. The molecule has 2 saturated heterocycles. The van der Waals surface area contributed by atoms with Crippen molar-refractivity contribution in [3.63, 3.8) is 0 Å². The lowest BCUT2D eigenvalue weighted by Crippen LogP contribution is -2.63. The molecule has 50 heavy (non-hydrogen) atoms. The second-order valence-corrected chi connectivity index (χ2v) is 19.4. The van der Waals surface area contributed by atoms with Crippen molar-refractivity contribution >= 4 is 39.7 Å². The lowest BCUT2D eigenvalue weighted by molar-refractivity contribution is -0.145. The zero-order valence-corrected chi connectivity index (χ0v) is 32.3. The van der Waals surface area contributed by atoms with Crippen LogP contribution in [0, 0.1) is 34.0 Å². The van der Waals surface area contributed by atoms with E-state index in [1.807, 2.05) is 55.4 Å². The van der Waals surface area contributed by atoms with Gasteiger partial charge >= 0.3 is 6.03 Å². The van der Waals surface area contributed by atoms with Crippen LogP contribution in [-0.2, 0) is 29.4 Å². The number of hydrogen-bond donors (Lipinski definition) is 4. The first-order valence-electron chi connectivity index (χ1n) is 17.8. The number of likely N-dealkylation sites (tertiary alicyclic amines) is 1. The van der Waals surface area contributed by atoms with Gasteiger partial charge in [-0.2, -0.15) is 17.0 Å². The number of amides is 5. The molecule has 0 radical (unpaired) electrons. The van der Waals surface area contributed by atoms with E-state index in [4.69, 9.17) is 0 Å². The van der Waals surface area contributed by atoms with Crippen LogP contribution in [0.15, 0.2) is 12.7 Å². The molecule has 6 atom stereocenters. The van der Waals surface area contributed by atoms with E-state index in [1.165, 1.54) is 19.6 Å². The zero-order valence-electron chi connectivity index (χ0n) is 31.5. The maximum Gasteiger partial charge on any atom is 0.315 e. The molecular formula is C35H59N7O7S. The normalized spacial score (nSPS) is 26.4. The summed E-state index contributed by atoms with van der Waals surface area (Å²) in [5.74, 6) is -2.65. The molecule has 2 heterocycles. The maximum atomic E-state index is 14.4. The Kier molecular flexibility index (Phi) is 11.3. The van der Waals surface area contributed by atoms with Gasteiger partial charge in [0.05, 0.1) is 0 Å².